The summed E-state index contributed by atoms with van der Waals surface area (Å²) in [4.78, 5) is 15.2. The van der Waals surface area contributed by atoms with Crippen LogP contribution >= 0.6 is 11.8 Å². The molecule has 7 heteroatoms. The zero-order chi connectivity index (χ0) is 27.5. The van der Waals surface area contributed by atoms with E-state index < -0.39 is 0 Å². The number of amides is 2. The van der Waals surface area contributed by atoms with Gasteiger partial charge in [-0.3, -0.25) is 0 Å². The van der Waals surface area contributed by atoms with Crippen molar-refractivity contribution in [2.75, 3.05) is 30.2 Å². The van der Waals surface area contributed by atoms with Gasteiger partial charge in [-0.2, -0.15) is 0 Å². The Labute approximate surface area is 239 Å². The molecule has 1 heterocycles. The number of rotatable bonds is 19. The Morgan fingerprint density at radius 3 is 2.15 bits per heavy atom. The summed E-state index contributed by atoms with van der Waals surface area (Å²) in [6.07, 6.45) is 17.7. The molecule has 0 bridgehead atoms. The number of thioether (sulfide) groups is 1. The van der Waals surface area contributed by atoms with Crippen molar-refractivity contribution in [3.8, 4) is 11.5 Å². The summed E-state index contributed by atoms with van der Waals surface area (Å²) in [7, 11) is 1.62. The summed E-state index contributed by atoms with van der Waals surface area (Å²) in [5.41, 5.74) is 2.46. The molecular formula is C32H47N3O3S. The second kappa shape index (κ2) is 18.5. The van der Waals surface area contributed by atoms with Crippen LogP contribution in [0.1, 0.15) is 89.5 Å². The van der Waals surface area contributed by atoms with E-state index in [9.17, 15) is 4.79 Å². The monoisotopic (exact) mass is 553 g/mol. The number of carbonyl (C=O) groups is 1. The summed E-state index contributed by atoms with van der Waals surface area (Å²) in [6, 6.07) is 13.2. The van der Waals surface area contributed by atoms with Gasteiger partial charge in [0.25, 0.3) is 0 Å². The maximum absolute atomic E-state index is 13.0. The van der Waals surface area contributed by atoms with E-state index in [-0.39, 0.29) is 6.03 Å². The van der Waals surface area contributed by atoms with Gasteiger partial charge in [-0.1, -0.05) is 102 Å². The van der Waals surface area contributed by atoms with E-state index in [0.717, 1.165) is 36.5 Å². The van der Waals surface area contributed by atoms with Crippen LogP contribution in [-0.4, -0.2) is 30.5 Å². The summed E-state index contributed by atoms with van der Waals surface area (Å²) in [5.74, 6) is 2.11. The highest BCUT2D eigenvalue weighted by atomic mass is 32.2. The van der Waals surface area contributed by atoms with Crippen molar-refractivity contribution in [1.82, 2.24) is 4.90 Å². The molecule has 3 rings (SSSR count). The lowest BCUT2D eigenvalue weighted by atomic mass is 10.1. The first-order valence-electron chi connectivity index (χ1n) is 14.7. The standard InChI is InChI=1S/C32H47N3O3S/c1-3-4-5-6-7-8-9-10-11-12-13-16-23-38-31-29(20-17-21-30(31)37-2)34-32(36)33-28-19-15-14-18-27(28)25-35-22-24-39-26-35/h14-15,17-22,24H,3-13,16,23,25-26H2,1-2H3,(H2,33,34,36). The quantitative estimate of drug-likeness (QED) is 0.170. The topological polar surface area (TPSA) is 62.8 Å². The van der Waals surface area contributed by atoms with Crippen molar-refractivity contribution >= 4 is 29.2 Å². The van der Waals surface area contributed by atoms with Gasteiger partial charge in [0, 0.05) is 18.4 Å². The van der Waals surface area contributed by atoms with Crippen molar-refractivity contribution in [3.63, 3.8) is 0 Å². The molecule has 6 nitrogen and oxygen atoms in total. The van der Waals surface area contributed by atoms with E-state index in [1.165, 1.54) is 64.2 Å². The molecule has 39 heavy (non-hydrogen) atoms. The van der Waals surface area contributed by atoms with Gasteiger partial charge in [0.05, 0.1) is 25.3 Å². The fraction of sp³-hybridized carbons (Fsp3) is 0.531. The van der Waals surface area contributed by atoms with Crippen LogP contribution in [0, 0.1) is 0 Å². The summed E-state index contributed by atoms with van der Waals surface area (Å²) >= 11 is 1.76. The maximum Gasteiger partial charge on any atom is 0.323 e. The number of unbranched alkanes of at least 4 members (excludes halogenated alkanes) is 11. The second-order valence-corrected chi connectivity index (χ2v) is 11.0. The predicted molar refractivity (Wildman–Crippen MR) is 166 cm³/mol. The fourth-order valence-corrected chi connectivity index (χ4v) is 5.44. The number of anilines is 2. The lowest BCUT2D eigenvalue weighted by Gasteiger charge is -2.19. The van der Waals surface area contributed by atoms with Crippen molar-refractivity contribution in [2.45, 2.75) is 90.5 Å². The Morgan fingerprint density at radius 1 is 0.846 bits per heavy atom. The van der Waals surface area contributed by atoms with Crippen molar-refractivity contribution in [1.29, 1.82) is 0 Å². The molecule has 0 unspecified atom stereocenters. The molecule has 2 aromatic carbocycles. The molecule has 0 atom stereocenters. The van der Waals surface area contributed by atoms with Crippen LogP contribution in [0.15, 0.2) is 54.1 Å². The molecule has 0 saturated heterocycles. The van der Waals surface area contributed by atoms with E-state index in [4.69, 9.17) is 9.47 Å². The molecule has 0 saturated carbocycles. The second-order valence-electron chi connectivity index (χ2n) is 10.1. The molecular weight excluding hydrogens is 506 g/mol. The number of carbonyl (C=O) groups excluding carboxylic acids is 1. The van der Waals surface area contributed by atoms with E-state index in [1.807, 2.05) is 42.5 Å². The van der Waals surface area contributed by atoms with E-state index in [1.54, 1.807) is 18.9 Å². The molecule has 1 aliphatic heterocycles. The van der Waals surface area contributed by atoms with Gasteiger partial charge in [0.2, 0.25) is 0 Å². The first kappa shape index (κ1) is 30.7. The Morgan fingerprint density at radius 2 is 1.49 bits per heavy atom. The number of hydrogen-bond acceptors (Lipinski definition) is 5. The first-order chi connectivity index (χ1) is 19.2. The molecule has 0 aliphatic carbocycles. The average molecular weight is 554 g/mol. The molecule has 0 aromatic heterocycles. The van der Waals surface area contributed by atoms with Gasteiger partial charge >= 0.3 is 6.03 Å². The highest BCUT2D eigenvalue weighted by Crippen LogP contribution is 2.35. The van der Waals surface area contributed by atoms with Gasteiger partial charge in [-0.25, -0.2) is 4.79 Å². The molecule has 0 radical (unpaired) electrons. The van der Waals surface area contributed by atoms with Crippen LogP contribution in [0.4, 0.5) is 16.2 Å². The normalized spacial score (nSPS) is 12.5. The minimum absolute atomic E-state index is 0.308. The smallest absolute Gasteiger partial charge is 0.323 e. The summed E-state index contributed by atoms with van der Waals surface area (Å²) in [6.45, 7) is 3.61. The minimum Gasteiger partial charge on any atom is -0.493 e. The number of hydrogen-bond donors (Lipinski definition) is 2. The van der Waals surface area contributed by atoms with Crippen LogP contribution in [0.2, 0.25) is 0 Å². The predicted octanol–water partition coefficient (Wildman–Crippen LogP) is 9.40. The molecule has 0 fully saturated rings. The number of ether oxygens (including phenoxy) is 2. The van der Waals surface area contributed by atoms with Crippen LogP contribution < -0.4 is 20.1 Å². The molecule has 0 spiro atoms. The van der Waals surface area contributed by atoms with Crippen molar-refractivity contribution in [3.05, 3.63) is 59.6 Å². The van der Waals surface area contributed by atoms with Gasteiger partial charge in [0.15, 0.2) is 11.5 Å². The Balaban J connectivity index is 1.41. The molecule has 2 aromatic rings. The highest BCUT2D eigenvalue weighted by molar-refractivity contribution is 8.02. The van der Waals surface area contributed by atoms with E-state index in [2.05, 4.69) is 34.1 Å². The lowest BCUT2D eigenvalue weighted by Crippen LogP contribution is -2.22. The lowest BCUT2D eigenvalue weighted by molar-refractivity contribution is 0.261. The van der Waals surface area contributed by atoms with Crippen molar-refractivity contribution < 1.29 is 14.3 Å². The average Bonchev–Trinajstić information content (AvgIpc) is 3.46. The number of nitrogens with zero attached hydrogens (tertiary/aromatic N) is 1. The van der Waals surface area contributed by atoms with Crippen LogP contribution in [0.3, 0.4) is 0 Å². The SMILES string of the molecule is CCCCCCCCCCCCCCOc1c(NC(=O)Nc2ccccc2CN2C=CSC2)cccc1OC. The molecule has 1 aliphatic rings. The number of methoxy groups -OCH3 is 1. The Hall–Kier alpha value is -2.80. The number of urea groups is 1. The van der Waals surface area contributed by atoms with E-state index in [0.29, 0.717) is 23.8 Å². The maximum atomic E-state index is 13.0. The zero-order valence-corrected chi connectivity index (χ0v) is 24.7. The third-order valence-corrected chi connectivity index (χ3v) is 7.73. The summed E-state index contributed by atoms with van der Waals surface area (Å²) in [5, 5.41) is 8.06. The van der Waals surface area contributed by atoms with Gasteiger partial charge in [-0.05, 0) is 35.6 Å². The molecule has 2 amide bonds. The highest BCUT2D eigenvalue weighted by Gasteiger charge is 2.15. The number of para-hydroxylation sites is 2. The van der Waals surface area contributed by atoms with Gasteiger partial charge < -0.3 is 25.0 Å². The van der Waals surface area contributed by atoms with Crippen LogP contribution in [0.25, 0.3) is 0 Å². The van der Waals surface area contributed by atoms with E-state index >= 15 is 0 Å². The molecule has 2 N–H and O–H groups in total. The van der Waals surface area contributed by atoms with Crippen molar-refractivity contribution in [2.24, 2.45) is 0 Å². The Kier molecular flexibility index (Phi) is 14.6. The first-order valence-corrected chi connectivity index (χ1v) is 15.7. The minimum atomic E-state index is -0.308. The van der Waals surface area contributed by atoms with Gasteiger partial charge in [0.1, 0.15) is 0 Å². The number of nitrogens with one attached hydrogen (secondary N) is 2. The fourth-order valence-electron chi connectivity index (χ4n) is 4.73. The van der Waals surface area contributed by atoms with Crippen LogP contribution in [-0.2, 0) is 6.54 Å². The molecule has 214 valence electrons. The Bertz CT molecular complexity index is 1010. The van der Waals surface area contributed by atoms with Gasteiger partial charge in [-0.15, -0.1) is 11.8 Å². The number of benzene rings is 2. The largest absolute Gasteiger partial charge is 0.493 e. The summed E-state index contributed by atoms with van der Waals surface area (Å²) < 4.78 is 11.7. The van der Waals surface area contributed by atoms with Crippen LogP contribution in [0.5, 0.6) is 11.5 Å². The third kappa shape index (κ3) is 11.5. The third-order valence-electron chi connectivity index (χ3n) is 6.94. The zero-order valence-electron chi connectivity index (χ0n) is 23.9.